The molecule has 3 heterocycles. The highest BCUT2D eigenvalue weighted by Crippen LogP contribution is 2.36. The molecule has 2 aliphatic heterocycles. The zero-order chi connectivity index (χ0) is 17.6. The van der Waals surface area contributed by atoms with Crippen LogP contribution in [0.2, 0.25) is 0 Å². The Bertz CT molecular complexity index is 894. The van der Waals surface area contributed by atoms with Gasteiger partial charge in [-0.25, -0.2) is 9.78 Å². The number of fused-ring (bicyclic) bond motifs is 1. The van der Waals surface area contributed by atoms with Crippen LogP contribution >= 0.6 is 0 Å². The maximum atomic E-state index is 11.7. The number of carbonyl (C=O) groups excluding carboxylic acids is 1. The highest BCUT2D eigenvalue weighted by molar-refractivity contribution is 5.87. The number of hydrogen-bond donors (Lipinski definition) is 0. The number of piperidine rings is 1. The van der Waals surface area contributed by atoms with Crippen molar-refractivity contribution >= 4 is 22.8 Å². The Morgan fingerprint density at radius 3 is 2.64 bits per heavy atom. The van der Waals surface area contributed by atoms with E-state index in [1.54, 1.807) is 11.9 Å². The van der Waals surface area contributed by atoms with Gasteiger partial charge in [-0.2, -0.15) is 5.26 Å². The molecule has 2 fully saturated rings. The van der Waals surface area contributed by atoms with Gasteiger partial charge in [0, 0.05) is 38.4 Å². The number of rotatable bonds is 1. The lowest BCUT2D eigenvalue weighted by molar-refractivity contribution is 0.0366. The molecule has 2 aromatic rings. The minimum absolute atomic E-state index is 0.245. The van der Waals surface area contributed by atoms with Gasteiger partial charge in [-0.05, 0) is 18.6 Å². The molecule has 2 aliphatic rings. The van der Waals surface area contributed by atoms with Gasteiger partial charge in [0.1, 0.15) is 17.5 Å². The van der Waals surface area contributed by atoms with E-state index in [1.165, 1.54) is 0 Å². The van der Waals surface area contributed by atoms with Crippen molar-refractivity contribution in [2.75, 3.05) is 31.6 Å². The topological polar surface area (TPSA) is 69.5 Å². The van der Waals surface area contributed by atoms with Crippen LogP contribution in [0.4, 0.5) is 10.6 Å². The summed E-state index contributed by atoms with van der Waals surface area (Å²) in [5.74, 6) is 0.742. The van der Waals surface area contributed by atoms with Crippen LogP contribution in [0.5, 0.6) is 0 Å². The number of amides is 1. The van der Waals surface area contributed by atoms with E-state index in [1.807, 2.05) is 31.2 Å². The number of aryl methyl sites for hydroxylation is 1. The quantitative estimate of drug-likeness (QED) is 0.801. The van der Waals surface area contributed by atoms with Crippen LogP contribution in [-0.4, -0.2) is 48.3 Å². The molecule has 1 aromatic carbocycles. The Morgan fingerprint density at radius 2 is 2.00 bits per heavy atom. The number of nitriles is 1. The van der Waals surface area contributed by atoms with E-state index >= 15 is 0 Å². The lowest BCUT2D eigenvalue weighted by atomic mass is 9.91. The Kier molecular flexibility index (Phi) is 3.53. The second kappa shape index (κ2) is 5.62. The molecule has 0 bridgehead atoms. The molecule has 0 N–H and O–H groups in total. The van der Waals surface area contributed by atoms with E-state index in [4.69, 9.17) is 9.72 Å². The molecule has 6 nitrogen and oxygen atoms in total. The van der Waals surface area contributed by atoms with E-state index in [0.717, 1.165) is 48.2 Å². The van der Waals surface area contributed by atoms with E-state index in [0.29, 0.717) is 12.1 Å². The van der Waals surface area contributed by atoms with Gasteiger partial charge in [0.25, 0.3) is 0 Å². The largest absolute Gasteiger partial charge is 0.441 e. The van der Waals surface area contributed by atoms with Gasteiger partial charge in [0.15, 0.2) is 0 Å². The normalized spacial score (nSPS) is 19.3. The summed E-state index contributed by atoms with van der Waals surface area (Å²) in [5, 5.41) is 10.7. The summed E-state index contributed by atoms with van der Waals surface area (Å²) < 4.78 is 5.61. The third kappa shape index (κ3) is 2.47. The van der Waals surface area contributed by atoms with Crippen LogP contribution in [-0.2, 0) is 4.74 Å². The van der Waals surface area contributed by atoms with Crippen LogP contribution in [0.3, 0.4) is 0 Å². The fourth-order valence-corrected chi connectivity index (χ4v) is 3.90. The lowest BCUT2D eigenvalue weighted by Crippen LogP contribution is -2.47. The molecule has 25 heavy (non-hydrogen) atoms. The van der Waals surface area contributed by atoms with Gasteiger partial charge in [-0.15, -0.1) is 0 Å². The number of likely N-dealkylation sites (N-methyl/N-ethyl adjacent to an activating group) is 1. The van der Waals surface area contributed by atoms with Crippen LogP contribution in [0.1, 0.15) is 24.0 Å². The molecule has 1 aromatic heterocycles. The number of benzene rings is 1. The molecule has 0 saturated carbocycles. The summed E-state index contributed by atoms with van der Waals surface area (Å²) in [4.78, 5) is 20.3. The first-order chi connectivity index (χ1) is 12.0. The number of para-hydroxylation sites is 1. The second-order valence-electron chi connectivity index (χ2n) is 6.96. The van der Waals surface area contributed by atoms with Crippen molar-refractivity contribution in [1.29, 1.82) is 5.26 Å². The Labute approximate surface area is 146 Å². The first kappa shape index (κ1) is 15.7. The van der Waals surface area contributed by atoms with Crippen molar-refractivity contribution in [3.63, 3.8) is 0 Å². The molecule has 2 saturated heterocycles. The number of hydrogen-bond acceptors (Lipinski definition) is 5. The summed E-state index contributed by atoms with van der Waals surface area (Å²) in [5.41, 5.74) is 2.12. The number of anilines is 1. The fraction of sp³-hybridized carbons (Fsp3) is 0.421. The van der Waals surface area contributed by atoms with Crippen molar-refractivity contribution in [2.24, 2.45) is 0 Å². The lowest BCUT2D eigenvalue weighted by Gasteiger charge is -2.38. The molecule has 128 valence electrons. The Morgan fingerprint density at radius 1 is 1.28 bits per heavy atom. The van der Waals surface area contributed by atoms with Crippen LogP contribution < -0.4 is 4.90 Å². The Balaban J connectivity index is 1.65. The minimum Gasteiger partial charge on any atom is -0.441 e. The predicted molar refractivity (Wildman–Crippen MR) is 94.5 cm³/mol. The number of nitrogens with zero attached hydrogens (tertiary/aromatic N) is 4. The highest BCUT2D eigenvalue weighted by Gasteiger charge is 2.46. The molecular weight excluding hydrogens is 316 g/mol. The van der Waals surface area contributed by atoms with E-state index in [2.05, 4.69) is 11.0 Å². The number of carbonyl (C=O) groups is 1. The highest BCUT2D eigenvalue weighted by atomic mass is 16.6. The van der Waals surface area contributed by atoms with Crippen molar-refractivity contribution in [3.05, 3.63) is 35.4 Å². The first-order valence-corrected chi connectivity index (χ1v) is 8.51. The summed E-state index contributed by atoms with van der Waals surface area (Å²) in [7, 11) is 1.77. The van der Waals surface area contributed by atoms with Gasteiger partial charge >= 0.3 is 6.09 Å². The Hall–Kier alpha value is -2.81. The third-order valence-corrected chi connectivity index (χ3v) is 5.36. The maximum absolute atomic E-state index is 11.7. The van der Waals surface area contributed by atoms with Crippen LogP contribution in [0.15, 0.2) is 24.3 Å². The molecular formula is C19H20N4O2. The van der Waals surface area contributed by atoms with Gasteiger partial charge in [0.05, 0.1) is 17.6 Å². The number of pyridine rings is 1. The van der Waals surface area contributed by atoms with Crippen molar-refractivity contribution in [3.8, 4) is 6.07 Å². The minimum atomic E-state index is -0.388. The summed E-state index contributed by atoms with van der Waals surface area (Å²) in [6, 6.07) is 10.2. The predicted octanol–water partition coefficient (Wildman–Crippen LogP) is 2.84. The van der Waals surface area contributed by atoms with E-state index in [9.17, 15) is 10.1 Å². The molecule has 1 amide bonds. The molecule has 4 rings (SSSR count). The average molecular weight is 336 g/mol. The van der Waals surface area contributed by atoms with E-state index < -0.39 is 0 Å². The second-order valence-corrected chi connectivity index (χ2v) is 6.96. The molecule has 0 atom stereocenters. The fourth-order valence-electron chi connectivity index (χ4n) is 3.90. The van der Waals surface area contributed by atoms with Crippen molar-refractivity contribution < 1.29 is 9.53 Å². The summed E-state index contributed by atoms with van der Waals surface area (Å²) >= 11 is 0. The zero-order valence-electron chi connectivity index (χ0n) is 14.5. The molecule has 1 spiro atoms. The first-order valence-electron chi connectivity index (χ1n) is 8.51. The molecule has 0 unspecified atom stereocenters. The number of aromatic nitrogens is 1. The third-order valence-electron chi connectivity index (χ3n) is 5.36. The zero-order valence-corrected chi connectivity index (χ0v) is 14.5. The van der Waals surface area contributed by atoms with Crippen molar-refractivity contribution in [2.45, 2.75) is 25.4 Å². The molecule has 6 heteroatoms. The summed E-state index contributed by atoms with van der Waals surface area (Å²) in [6.07, 6.45) is 1.26. The standard InChI is InChI=1S/C19H20N4O2/c1-13-14-5-3-4-6-16(14)21-17(15(13)11-20)23-9-7-19(8-10-23)12-22(2)18(24)25-19/h3-6H,7-10,12H2,1-2H3. The smallest absolute Gasteiger partial charge is 0.410 e. The van der Waals surface area contributed by atoms with Gasteiger partial charge in [-0.1, -0.05) is 18.2 Å². The molecule has 0 aliphatic carbocycles. The van der Waals surface area contributed by atoms with E-state index in [-0.39, 0.29) is 11.7 Å². The number of ether oxygens (including phenoxy) is 1. The van der Waals surface area contributed by atoms with Gasteiger partial charge in [0.2, 0.25) is 0 Å². The van der Waals surface area contributed by atoms with Crippen LogP contribution in [0.25, 0.3) is 10.9 Å². The SMILES string of the molecule is Cc1c(C#N)c(N2CCC3(CC2)CN(C)C(=O)O3)nc2ccccc12. The average Bonchev–Trinajstić information content (AvgIpc) is 2.89. The maximum Gasteiger partial charge on any atom is 0.410 e. The van der Waals surface area contributed by atoms with Gasteiger partial charge < -0.3 is 14.5 Å². The molecule has 0 radical (unpaired) electrons. The van der Waals surface area contributed by atoms with Gasteiger partial charge in [-0.3, -0.25) is 0 Å². The monoisotopic (exact) mass is 336 g/mol. The summed E-state index contributed by atoms with van der Waals surface area (Å²) in [6.45, 7) is 4.06. The van der Waals surface area contributed by atoms with Crippen molar-refractivity contribution in [1.82, 2.24) is 9.88 Å². The van der Waals surface area contributed by atoms with Crippen LogP contribution in [0, 0.1) is 18.3 Å².